The van der Waals surface area contributed by atoms with Crippen molar-refractivity contribution in [1.29, 1.82) is 0 Å². The van der Waals surface area contributed by atoms with Crippen molar-refractivity contribution in [1.82, 2.24) is 20.2 Å². The van der Waals surface area contributed by atoms with E-state index in [1.54, 1.807) is 6.92 Å². The first-order chi connectivity index (χ1) is 18.4. The van der Waals surface area contributed by atoms with Crippen LogP contribution in [0.5, 0.6) is 5.75 Å². The fourth-order valence-corrected chi connectivity index (χ4v) is 5.91. The first-order valence-electron chi connectivity index (χ1n) is 14.1. The molecule has 1 amide bonds. The highest BCUT2D eigenvalue weighted by Crippen LogP contribution is 2.46. The van der Waals surface area contributed by atoms with E-state index in [2.05, 4.69) is 28.2 Å². The first-order valence-corrected chi connectivity index (χ1v) is 14.1. The first kappa shape index (κ1) is 26.7. The van der Waals surface area contributed by atoms with Gasteiger partial charge in [-0.25, -0.2) is 9.97 Å². The molecule has 9 heteroatoms. The van der Waals surface area contributed by atoms with Crippen LogP contribution in [0.2, 0.25) is 0 Å². The van der Waals surface area contributed by atoms with E-state index in [0.717, 1.165) is 43.1 Å². The summed E-state index contributed by atoms with van der Waals surface area (Å²) >= 11 is 0. The maximum absolute atomic E-state index is 12.1. The molecule has 2 aromatic rings. The molecule has 5 rings (SSSR count). The number of anilines is 2. The summed E-state index contributed by atoms with van der Waals surface area (Å²) in [7, 11) is 3.97. The molecule has 0 radical (unpaired) electrons. The summed E-state index contributed by atoms with van der Waals surface area (Å²) in [6.45, 7) is 4.59. The second kappa shape index (κ2) is 11.5. The smallest absolute Gasteiger partial charge is 0.219 e. The van der Waals surface area contributed by atoms with Crippen molar-refractivity contribution in [3.8, 4) is 17.1 Å². The van der Waals surface area contributed by atoms with Crippen molar-refractivity contribution in [2.75, 3.05) is 56.7 Å². The molecule has 1 aliphatic heterocycles. The highest BCUT2D eigenvalue weighted by atomic mass is 16.5. The second-order valence-corrected chi connectivity index (χ2v) is 11.2. The van der Waals surface area contributed by atoms with E-state index in [9.17, 15) is 9.90 Å². The molecular formula is C29H42N6O3. The van der Waals surface area contributed by atoms with Crippen LogP contribution in [0.3, 0.4) is 0 Å². The highest BCUT2D eigenvalue weighted by Gasteiger charge is 2.52. The predicted molar refractivity (Wildman–Crippen MR) is 150 cm³/mol. The number of likely N-dealkylation sites (N-methyl/N-ethyl adjacent to an activating group) is 1. The SMILES string of the molecule is CNCC(O)COc1cccc(-c2nc(N(C)C3CCCCC3)cc(N3CCN(C(C)=O)CC34CC4)n2)c1. The number of aromatic nitrogens is 2. The molecule has 1 unspecified atom stereocenters. The topological polar surface area (TPSA) is 94.1 Å². The van der Waals surface area contributed by atoms with Crippen LogP contribution >= 0.6 is 0 Å². The zero-order chi connectivity index (χ0) is 26.7. The monoisotopic (exact) mass is 522 g/mol. The van der Waals surface area contributed by atoms with Crippen molar-refractivity contribution in [3.63, 3.8) is 0 Å². The summed E-state index contributed by atoms with van der Waals surface area (Å²) < 4.78 is 5.88. The standard InChI is InChI=1S/C29H42N6O3/c1-21(36)34-14-15-35(29(20-34)12-13-29)27-17-26(33(3)23-9-5-4-6-10-23)31-28(32-27)22-8-7-11-25(16-22)38-19-24(37)18-30-2/h7-8,11,16-17,23-24,30,37H,4-6,9-10,12-15,18-20H2,1-3H3. The number of carbonyl (C=O) groups is 1. The van der Waals surface area contributed by atoms with Gasteiger partial charge in [-0.3, -0.25) is 4.79 Å². The number of benzene rings is 1. The molecule has 38 heavy (non-hydrogen) atoms. The summed E-state index contributed by atoms with van der Waals surface area (Å²) in [6.07, 6.45) is 7.76. The molecule has 2 aliphatic carbocycles. The quantitative estimate of drug-likeness (QED) is 0.519. The minimum atomic E-state index is -0.581. The molecule has 1 saturated heterocycles. The minimum Gasteiger partial charge on any atom is -0.491 e. The molecule has 3 fully saturated rings. The van der Waals surface area contributed by atoms with E-state index in [4.69, 9.17) is 14.7 Å². The zero-order valence-electron chi connectivity index (χ0n) is 23.0. The van der Waals surface area contributed by atoms with Gasteiger partial charge in [0.1, 0.15) is 30.1 Å². The van der Waals surface area contributed by atoms with Gasteiger partial charge >= 0.3 is 0 Å². The van der Waals surface area contributed by atoms with Gasteiger partial charge in [-0.1, -0.05) is 31.4 Å². The number of amides is 1. The molecule has 3 aliphatic rings. The van der Waals surface area contributed by atoms with E-state index in [1.165, 1.54) is 32.1 Å². The molecule has 1 spiro atoms. The van der Waals surface area contributed by atoms with Gasteiger partial charge in [-0.05, 0) is 44.9 Å². The maximum Gasteiger partial charge on any atom is 0.219 e. The summed E-state index contributed by atoms with van der Waals surface area (Å²) in [5.74, 6) is 3.38. The lowest BCUT2D eigenvalue weighted by Gasteiger charge is -2.43. The van der Waals surface area contributed by atoms with Crippen LogP contribution in [0, 0.1) is 0 Å². The number of nitrogens with one attached hydrogen (secondary N) is 1. The van der Waals surface area contributed by atoms with Gasteiger partial charge in [0.25, 0.3) is 0 Å². The van der Waals surface area contributed by atoms with Crippen molar-refractivity contribution in [3.05, 3.63) is 30.3 Å². The molecule has 2 heterocycles. The molecule has 9 nitrogen and oxygen atoms in total. The van der Waals surface area contributed by atoms with Gasteiger partial charge in [0.2, 0.25) is 5.91 Å². The van der Waals surface area contributed by atoms with Crippen LogP contribution in [0.15, 0.2) is 30.3 Å². The van der Waals surface area contributed by atoms with Crippen LogP contribution in [0.4, 0.5) is 11.6 Å². The van der Waals surface area contributed by atoms with Gasteiger partial charge in [0, 0.05) is 57.8 Å². The van der Waals surface area contributed by atoms with Crippen LogP contribution in [-0.2, 0) is 4.79 Å². The van der Waals surface area contributed by atoms with Gasteiger partial charge < -0.3 is 29.9 Å². The van der Waals surface area contributed by atoms with Gasteiger partial charge in [0.15, 0.2) is 5.82 Å². The van der Waals surface area contributed by atoms with E-state index >= 15 is 0 Å². The van der Waals surface area contributed by atoms with E-state index < -0.39 is 6.10 Å². The third-order valence-corrected chi connectivity index (χ3v) is 8.36. The lowest BCUT2D eigenvalue weighted by Crippen LogP contribution is -2.56. The molecule has 1 aromatic heterocycles. The minimum absolute atomic E-state index is 0.0232. The molecule has 1 atom stereocenters. The van der Waals surface area contributed by atoms with Crippen LogP contribution in [0.25, 0.3) is 11.4 Å². The Labute approximate surface area is 226 Å². The summed E-state index contributed by atoms with van der Waals surface area (Å²) in [5.41, 5.74) is 0.864. The third-order valence-electron chi connectivity index (χ3n) is 8.36. The number of aliphatic hydroxyl groups is 1. The van der Waals surface area contributed by atoms with Crippen molar-refractivity contribution in [2.24, 2.45) is 0 Å². The number of hydrogen-bond acceptors (Lipinski definition) is 8. The van der Waals surface area contributed by atoms with Gasteiger partial charge in [-0.2, -0.15) is 0 Å². The molecule has 2 N–H and O–H groups in total. The second-order valence-electron chi connectivity index (χ2n) is 11.2. The Morgan fingerprint density at radius 3 is 2.71 bits per heavy atom. The summed E-state index contributed by atoms with van der Waals surface area (Å²) in [6, 6.07) is 10.4. The van der Waals surface area contributed by atoms with Crippen molar-refractivity contribution >= 4 is 17.5 Å². The maximum atomic E-state index is 12.1. The van der Waals surface area contributed by atoms with E-state index in [0.29, 0.717) is 30.7 Å². The molecule has 0 bridgehead atoms. The number of piperazine rings is 1. The van der Waals surface area contributed by atoms with Gasteiger partial charge in [0.05, 0.1) is 5.54 Å². The Morgan fingerprint density at radius 2 is 2.00 bits per heavy atom. The normalized spacial score (nSPS) is 19.9. The Hall–Kier alpha value is -2.91. The summed E-state index contributed by atoms with van der Waals surface area (Å²) in [4.78, 5) is 29.0. The van der Waals surface area contributed by atoms with Crippen LogP contribution in [0.1, 0.15) is 51.9 Å². The number of rotatable bonds is 9. The van der Waals surface area contributed by atoms with Crippen LogP contribution in [-0.4, -0.2) is 90.4 Å². The number of aliphatic hydroxyl groups excluding tert-OH is 1. The lowest BCUT2D eigenvalue weighted by atomic mass is 9.94. The Bertz CT molecular complexity index is 1120. The van der Waals surface area contributed by atoms with Crippen LogP contribution < -0.4 is 19.9 Å². The Morgan fingerprint density at radius 1 is 1.21 bits per heavy atom. The van der Waals surface area contributed by atoms with Crippen molar-refractivity contribution < 1.29 is 14.6 Å². The number of nitrogens with zero attached hydrogens (tertiary/aromatic N) is 5. The lowest BCUT2D eigenvalue weighted by molar-refractivity contribution is -0.129. The predicted octanol–water partition coefficient (Wildman–Crippen LogP) is 3.07. The average Bonchev–Trinajstić information content (AvgIpc) is 3.71. The zero-order valence-corrected chi connectivity index (χ0v) is 23.0. The third kappa shape index (κ3) is 5.89. The fourth-order valence-electron chi connectivity index (χ4n) is 5.91. The van der Waals surface area contributed by atoms with E-state index in [1.807, 2.05) is 36.2 Å². The highest BCUT2D eigenvalue weighted by molar-refractivity contribution is 5.74. The van der Waals surface area contributed by atoms with Crippen molar-refractivity contribution in [2.45, 2.75) is 69.6 Å². The average molecular weight is 523 g/mol. The fraction of sp³-hybridized carbons (Fsp3) is 0.621. The van der Waals surface area contributed by atoms with Gasteiger partial charge in [-0.15, -0.1) is 0 Å². The summed E-state index contributed by atoms with van der Waals surface area (Å²) in [5, 5.41) is 13.0. The number of ether oxygens (including phenoxy) is 1. The Kier molecular flexibility index (Phi) is 8.04. The van der Waals surface area contributed by atoms with E-state index in [-0.39, 0.29) is 18.1 Å². The molecule has 1 aromatic carbocycles. The number of hydrogen-bond donors (Lipinski definition) is 2. The molecule has 2 saturated carbocycles. The largest absolute Gasteiger partial charge is 0.491 e. The number of carbonyl (C=O) groups excluding carboxylic acids is 1. The Balaban J connectivity index is 1.47. The molecule has 206 valence electrons. The molecular weight excluding hydrogens is 480 g/mol.